The molecule has 1 aliphatic rings. The van der Waals surface area contributed by atoms with Gasteiger partial charge in [-0.3, -0.25) is 0 Å². The average Bonchev–Trinajstić information content (AvgIpc) is 2.82. The quantitative estimate of drug-likeness (QED) is 0.854. The zero-order chi connectivity index (χ0) is 14.3. The predicted octanol–water partition coefficient (Wildman–Crippen LogP) is 3.88. The summed E-state index contributed by atoms with van der Waals surface area (Å²) in [5, 5.41) is 3.45. The summed E-state index contributed by atoms with van der Waals surface area (Å²) in [6.45, 7) is 7.43. The normalized spacial score (nSPS) is 18.5. The first-order valence-corrected chi connectivity index (χ1v) is 7.03. The smallest absolute Gasteiger partial charge is 0.203 e. The van der Waals surface area contributed by atoms with Crippen molar-refractivity contribution < 1.29 is 4.39 Å². The van der Waals surface area contributed by atoms with E-state index in [1.165, 1.54) is 12.1 Å². The molecule has 0 bridgehead atoms. The van der Waals surface area contributed by atoms with Gasteiger partial charge in [-0.2, -0.15) is 0 Å². The Morgan fingerprint density at radius 3 is 2.60 bits per heavy atom. The highest BCUT2D eigenvalue weighted by Crippen LogP contribution is 2.31. The molecule has 3 rings (SSSR count). The van der Waals surface area contributed by atoms with Gasteiger partial charge in [0.1, 0.15) is 5.82 Å². The lowest BCUT2D eigenvalue weighted by molar-refractivity contribution is 0.539. The first-order chi connectivity index (χ1) is 9.43. The van der Waals surface area contributed by atoms with Crippen molar-refractivity contribution in [3.63, 3.8) is 0 Å². The second-order valence-corrected chi connectivity index (χ2v) is 6.43. The molecule has 2 heterocycles. The lowest BCUT2D eigenvalue weighted by atomic mass is 9.93. The van der Waals surface area contributed by atoms with Crippen molar-refractivity contribution in [1.82, 2.24) is 9.55 Å². The number of fused-ring (bicyclic) bond motifs is 1. The molecule has 1 aromatic heterocycles. The Bertz CT molecular complexity index is 608. The Kier molecular flexibility index (Phi) is 3.04. The number of anilines is 1. The van der Waals surface area contributed by atoms with Crippen LogP contribution in [0.4, 0.5) is 10.3 Å². The van der Waals surface area contributed by atoms with Crippen LogP contribution in [0.1, 0.15) is 44.5 Å². The molecule has 1 unspecified atom stereocenters. The molecule has 0 fully saturated rings. The summed E-state index contributed by atoms with van der Waals surface area (Å²) >= 11 is 0. The van der Waals surface area contributed by atoms with Crippen LogP contribution in [0.5, 0.6) is 0 Å². The van der Waals surface area contributed by atoms with E-state index in [9.17, 15) is 4.39 Å². The maximum atomic E-state index is 13.0. The maximum absolute atomic E-state index is 13.0. The van der Waals surface area contributed by atoms with Crippen LogP contribution >= 0.6 is 0 Å². The molecule has 1 atom stereocenters. The molecule has 0 saturated heterocycles. The SMILES string of the molecule is CC(C)(C)c1cn2c(n1)NC(c1ccc(F)cc1)CC2. The van der Waals surface area contributed by atoms with Gasteiger partial charge in [0, 0.05) is 18.2 Å². The minimum atomic E-state index is -0.193. The minimum absolute atomic E-state index is 0.0530. The summed E-state index contributed by atoms with van der Waals surface area (Å²) in [5.41, 5.74) is 2.26. The number of aromatic nitrogens is 2. The number of hydrogen-bond donors (Lipinski definition) is 1. The molecule has 0 aliphatic carbocycles. The second kappa shape index (κ2) is 4.62. The zero-order valence-corrected chi connectivity index (χ0v) is 12.2. The summed E-state index contributed by atoms with van der Waals surface area (Å²) in [4.78, 5) is 4.69. The van der Waals surface area contributed by atoms with Crippen LogP contribution in [0.2, 0.25) is 0 Å². The van der Waals surface area contributed by atoms with Gasteiger partial charge >= 0.3 is 0 Å². The van der Waals surface area contributed by atoms with E-state index in [2.05, 4.69) is 36.9 Å². The molecule has 4 heteroatoms. The molecular formula is C16H20FN3. The highest BCUT2D eigenvalue weighted by Gasteiger charge is 2.24. The molecule has 0 amide bonds. The van der Waals surface area contributed by atoms with Gasteiger partial charge in [-0.25, -0.2) is 9.37 Å². The average molecular weight is 273 g/mol. The van der Waals surface area contributed by atoms with Gasteiger partial charge in [0.25, 0.3) is 0 Å². The number of halogens is 1. The molecule has 0 spiro atoms. The predicted molar refractivity (Wildman–Crippen MR) is 78.3 cm³/mol. The molecule has 1 aliphatic heterocycles. The van der Waals surface area contributed by atoms with Crippen LogP contribution in [-0.4, -0.2) is 9.55 Å². The Labute approximate surface area is 118 Å². The summed E-state index contributed by atoms with van der Waals surface area (Å²) < 4.78 is 15.2. The number of imidazole rings is 1. The van der Waals surface area contributed by atoms with Gasteiger partial charge in [-0.15, -0.1) is 0 Å². The molecule has 106 valence electrons. The topological polar surface area (TPSA) is 29.9 Å². The zero-order valence-electron chi connectivity index (χ0n) is 12.2. The molecular weight excluding hydrogens is 253 g/mol. The first kappa shape index (κ1) is 13.2. The van der Waals surface area contributed by atoms with Crippen molar-refractivity contribution in [2.24, 2.45) is 0 Å². The Morgan fingerprint density at radius 2 is 1.95 bits per heavy atom. The number of nitrogens with one attached hydrogen (secondary N) is 1. The Morgan fingerprint density at radius 1 is 1.25 bits per heavy atom. The van der Waals surface area contributed by atoms with Crippen molar-refractivity contribution in [3.8, 4) is 0 Å². The molecule has 2 aromatic rings. The van der Waals surface area contributed by atoms with E-state index in [1.807, 2.05) is 12.1 Å². The molecule has 3 nitrogen and oxygen atoms in total. The summed E-state index contributed by atoms with van der Waals surface area (Å²) in [7, 11) is 0. The number of rotatable bonds is 1. The highest BCUT2D eigenvalue weighted by atomic mass is 19.1. The third kappa shape index (κ3) is 2.42. The number of aryl methyl sites for hydroxylation is 1. The van der Waals surface area contributed by atoms with Gasteiger partial charge in [0.15, 0.2) is 0 Å². The van der Waals surface area contributed by atoms with Gasteiger partial charge < -0.3 is 9.88 Å². The summed E-state index contributed by atoms with van der Waals surface area (Å²) in [6.07, 6.45) is 3.11. The van der Waals surface area contributed by atoms with E-state index < -0.39 is 0 Å². The Hall–Kier alpha value is -1.84. The van der Waals surface area contributed by atoms with Crippen molar-refractivity contribution in [2.45, 2.75) is 45.2 Å². The van der Waals surface area contributed by atoms with E-state index in [1.54, 1.807) is 0 Å². The summed E-state index contributed by atoms with van der Waals surface area (Å²) in [6, 6.07) is 6.92. The van der Waals surface area contributed by atoms with E-state index in [0.29, 0.717) is 0 Å². The van der Waals surface area contributed by atoms with Gasteiger partial charge in [-0.05, 0) is 24.1 Å². The van der Waals surface area contributed by atoms with Crippen molar-refractivity contribution in [2.75, 3.05) is 5.32 Å². The third-order valence-corrected chi connectivity index (χ3v) is 3.78. The van der Waals surface area contributed by atoms with Gasteiger partial charge in [0.2, 0.25) is 5.95 Å². The van der Waals surface area contributed by atoms with Crippen LogP contribution in [-0.2, 0) is 12.0 Å². The van der Waals surface area contributed by atoms with E-state index in [4.69, 9.17) is 4.98 Å². The van der Waals surface area contributed by atoms with Crippen molar-refractivity contribution in [1.29, 1.82) is 0 Å². The fraction of sp³-hybridized carbons (Fsp3) is 0.438. The second-order valence-electron chi connectivity index (χ2n) is 6.43. The third-order valence-electron chi connectivity index (χ3n) is 3.78. The lowest BCUT2D eigenvalue weighted by Crippen LogP contribution is -2.21. The van der Waals surface area contributed by atoms with Gasteiger partial charge in [0.05, 0.1) is 11.7 Å². The van der Waals surface area contributed by atoms with Crippen LogP contribution in [0.3, 0.4) is 0 Å². The standard InChI is InChI=1S/C16H20FN3/c1-16(2,3)14-10-20-9-8-13(18-15(20)19-14)11-4-6-12(17)7-5-11/h4-7,10,13H,8-9H2,1-3H3,(H,18,19). The fourth-order valence-electron chi connectivity index (χ4n) is 2.50. The highest BCUT2D eigenvalue weighted by molar-refractivity contribution is 5.38. The molecule has 20 heavy (non-hydrogen) atoms. The van der Waals surface area contributed by atoms with Gasteiger partial charge in [-0.1, -0.05) is 32.9 Å². The Balaban J connectivity index is 1.85. The lowest BCUT2D eigenvalue weighted by Gasteiger charge is -2.25. The van der Waals surface area contributed by atoms with Crippen LogP contribution in [0.15, 0.2) is 30.5 Å². The van der Waals surface area contributed by atoms with Crippen LogP contribution in [0, 0.1) is 5.82 Å². The molecule has 0 radical (unpaired) electrons. The minimum Gasteiger partial charge on any atom is -0.349 e. The van der Waals surface area contributed by atoms with E-state index in [-0.39, 0.29) is 17.3 Å². The van der Waals surface area contributed by atoms with Crippen molar-refractivity contribution in [3.05, 3.63) is 47.5 Å². The maximum Gasteiger partial charge on any atom is 0.203 e. The number of hydrogen-bond acceptors (Lipinski definition) is 2. The van der Waals surface area contributed by atoms with E-state index >= 15 is 0 Å². The molecule has 1 N–H and O–H groups in total. The van der Waals surface area contributed by atoms with Crippen molar-refractivity contribution >= 4 is 5.95 Å². The largest absolute Gasteiger partial charge is 0.349 e. The van der Waals surface area contributed by atoms with Crippen LogP contribution in [0.25, 0.3) is 0 Å². The monoisotopic (exact) mass is 273 g/mol. The first-order valence-electron chi connectivity index (χ1n) is 7.03. The molecule has 0 saturated carbocycles. The summed E-state index contributed by atoms with van der Waals surface area (Å²) in [5.74, 6) is 0.719. The van der Waals surface area contributed by atoms with E-state index in [0.717, 1.165) is 30.2 Å². The molecule has 1 aromatic carbocycles. The fourth-order valence-corrected chi connectivity index (χ4v) is 2.50. The number of nitrogens with zero attached hydrogens (tertiary/aromatic N) is 2. The van der Waals surface area contributed by atoms with Crippen LogP contribution < -0.4 is 5.32 Å². The number of benzene rings is 1.